The van der Waals surface area contributed by atoms with Gasteiger partial charge in [-0.25, -0.2) is 4.98 Å². The summed E-state index contributed by atoms with van der Waals surface area (Å²) in [4.78, 5) is 33.6. The van der Waals surface area contributed by atoms with Crippen molar-refractivity contribution in [3.8, 4) is 5.69 Å². The molecule has 3 aromatic rings. The Bertz CT molecular complexity index is 1160. The number of amides is 1. The molecule has 1 amide bonds. The number of rotatable bonds is 8. The molecule has 0 aliphatic carbocycles. The molecule has 0 saturated heterocycles. The van der Waals surface area contributed by atoms with Crippen LogP contribution in [0.4, 0.5) is 0 Å². The van der Waals surface area contributed by atoms with Gasteiger partial charge in [-0.1, -0.05) is 52.0 Å². The van der Waals surface area contributed by atoms with E-state index < -0.39 is 6.04 Å². The predicted octanol–water partition coefficient (Wildman–Crippen LogP) is 4.92. The molecule has 0 saturated carbocycles. The number of aryl methyl sites for hydroxylation is 1. The molecule has 1 aromatic heterocycles. The number of carbonyl (C=O) groups excluding carboxylic acids is 1. The lowest BCUT2D eigenvalue weighted by Crippen LogP contribution is -2.40. The number of nitrogens with zero attached hydrogens (tertiary/aromatic N) is 3. The third-order valence-corrected chi connectivity index (χ3v) is 5.78. The first-order chi connectivity index (χ1) is 15.7. The number of aromatic nitrogens is 2. The summed E-state index contributed by atoms with van der Waals surface area (Å²) in [5.41, 5.74) is 2.26. The van der Waals surface area contributed by atoms with Crippen LogP contribution in [0.15, 0.2) is 53.3 Å². The highest BCUT2D eigenvalue weighted by Crippen LogP contribution is 2.27. The normalized spacial score (nSPS) is 12.7. The zero-order valence-electron chi connectivity index (χ0n) is 20.6. The Morgan fingerprint density at radius 3 is 2.39 bits per heavy atom. The molecule has 176 valence electrons. The lowest BCUT2D eigenvalue weighted by molar-refractivity contribution is -0.136. The molecule has 2 aromatic carbocycles. The van der Waals surface area contributed by atoms with Crippen molar-refractivity contribution in [2.24, 2.45) is 5.41 Å². The first-order valence-corrected chi connectivity index (χ1v) is 11.6. The molecule has 0 aliphatic heterocycles. The number of fused-ring (bicyclic) bond motifs is 1. The average Bonchev–Trinajstić information content (AvgIpc) is 2.78. The summed E-state index contributed by atoms with van der Waals surface area (Å²) in [7, 11) is 1.62. The monoisotopic (exact) mass is 449 g/mol. The van der Waals surface area contributed by atoms with Crippen LogP contribution in [0.5, 0.6) is 0 Å². The van der Waals surface area contributed by atoms with Gasteiger partial charge < -0.3 is 9.64 Å². The van der Waals surface area contributed by atoms with Gasteiger partial charge in [0.25, 0.3) is 5.56 Å². The van der Waals surface area contributed by atoms with Crippen LogP contribution in [0, 0.1) is 5.41 Å². The lowest BCUT2D eigenvalue weighted by atomic mass is 9.91. The second-order valence-corrected chi connectivity index (χ2v) is 9.64. The fourth-order valence-electron chi connectivity index (χ4n) is 3.98. The van der Waals surface area contributed by atoms with E-state index in [0.29, 0.717) is 36.3 Å². The van der Waals surface area contributed by atoms with Crippen LogP contribution in [0.25, 0.3) is 16.6 Å². The maximum absolute atomic E-state index is 13.6. The van der Waals surface area contributed by atoms with Gasteiger partial charge in [-0.05, 0) is 48.6 Å². The second kappa shape index (κ2) is 10.3. The van der Waals surface area contributed by atoms with Crippen molar-refractivity contribution in [3.63, 3.8) is 0 Å². The Kier molecular flexibility index (Phi) is 7.69. The van der Waals surface area contributed by atoms with Crippen molar-refractivity contribution in [1.82, 2.24) is 14.5 Å². The van der Waals surface area contributed by atoms with Crippen LogP contribution in [0.2, 0.25) is 0 Å². The van der Waals surface area contributed by atoms with Crippen LogP contribution >= 0.6 is 0 Å². The number of hydrogen-bond donors (Lipinski definition) is 0. The Labute approximate surface area is 196 Å². The molecule has 0 aliphatic rings. The van der Waals surface area contributed by atoms with E-state index in [2.05, 4.69) is 6.92 Å². The highest BCUT2D eigenvalue weighted by Gasteiger charge is 2.29. The van der Waals surface area contributed by atoms with E-state index in [0.717, 1.165) is 12.1 Å². The predicted molar refractivity (Wildman–Crippen MR) is 133 cm³/mol. The molecule has 1 heterocycles. The Hall–Kier alpha value is -2.99. The number of benzene rings is 2. The fourth-order valence-corrected chi connectivity index (χ4v) is 3.98. The summed E-state index contributed by atoms with van der Waals surface area (Å²) in [6.45, 7) is 11.0. The minimum atomic E-state index is -0.418. The molecule has 1 atom stereocenters. The van der Waals surface area contributed by atoms with E-state index in [4.69, 9.17) is 9.72 Å². The highest BCUT2D eigenvalue weighted by atomic mass is 16.5. The highest BCUT2D eigenvalue weighted by molar-refractivity contribution is 5.79. The van der Waals surface area contributed by atoms with Crippen LogP contribution in [0.3, 0.4) is 0 Å². The Morgan fingerprint density at radius 1 is 1.12 bits per heavy atom. The van der Waals surface area contributed by atoms with E-state index >= 15 is 0 Å². The largest absolute Gasteiger partial charge is 0.383 e. The minimum absolute atomic E-state index is 0.0161. The van der Waals surface area contributed by atoms with Crippen LogP contribution in [-0.4, -0.2) is 40.6 Å². The topological polar surface area (TPSA) is 64.4 Å². The fraction of sp³-hybridized carbons (Fsp3) is 0.444. The summed E-state index contributed by atoms with van der Waals surface area (Å²) in [5, 5.41) is 0.553. The van der Waals surface area contributed by atoms with Crippen LogP contribution < -0.4 is 5.56 Å². The lowest BCUT2D eigenvalue weighted by Gasteiger charge is -2.32. The van der Waals surface area contributed by atoms with Crippen molar-refractivity contribution in [2.75, 3.05) is 20.3 Å². The number of ether oxygens (including phenoxy) is 1. The van der Waals surface area contributed by atoms with Gasteiger partial charge in [0.15, 0.2) is 0 Å². The number of methoxy groups -OCH3 is 1. The molecule has 0 N–H and O–H groups in total. The summed E-state index contributed by atoms with van der Waals surface area (Å²) in [6, 6.07) is 14.9. The van der Waals surface area contributed by atoms with Crippen molar-refractivity contribution in [2.45, 2.75) is 53.5 Å². The van der Waals surface area contributed by atoms with Gasteiger partial charge in [-0.3, -0.25) is 14.2 Å². The third-order valence-electron chi connectivity index (χ3n) is 5.78. The van der Waals surface area contributed by atoms with Gasteiger partial charge in [-0.2, -0.15) is 0 Å². The van der Waals surface area contributed by atoms with Crippen molar-refractivity contribution >= 4 is 16.8 Å². The quantitative estimate of drug-likeness (QED) is 0.490. The van der Waals surface area contributed by atoms with Gasteiger partial charge in [-0.15, -0.1) is 0 Å². The Balaban J connectivity index is 2.19. The van der Waals surface area contributed by atoms with Crippen LogP contribution in [-0.2, 0) is 16.0 Å². The second-order valence-electron chi connectivity index (χ2n) is 9.64. The molecule has 0 fully saturated rings. The van der Waals surface area contributed by atoms with E-state index in [1.807, 2.05) is 70.2 Å². The van der Waals surface area contributed by atoms with Gasteiger partial charge in [0.2, 0.25) is 5.91 Å². The van der Waals surface area contributed by atoms with Crippen molar-refractivity contribution < 1.29 is 9.53 Å². The molecule has 0 spiro atoms. The number of carbonyl (C=O) groups is 1. The molecular weight excluding hydrogens is 414 g/mol. The van der Waals surface area contributed by atoms with Gasteiger partial charge >= 0.3 is 0 Å². The van der Waals surface area contributed by atoms with Crippen molar-refractivity contribution in [1.29, 1.82) is 0 Å². The van der Waals surface area contributed by atoms with Gasteiger partial charge in [0.05, 0.1) is 29.2 Å². The Morgan fingerprint density at radius 2 is 1.79 bits per heavy atom. The zero-order chi connectivity index (χ0) is 24.2. The summed E-state index contributed by atoms with van der Waals surface area (Å²) in [5.74, 6) is 0.559. The summed E-state index contributed by atoms with van der Waals surface area (Å²) >= 11 is 0. The molecule has 3 rings (SSSR count). The number of para-hydroxylation sites is 1. The van der Waals surface area contributed by atoms with E-state index in [1.165, 1.54) is 5.56 Å². The summed E-state index contributed by atoms with van der Waals surface area (Å²) in [6.07, 6.45) is 1.31. The van der Waals surface area contributed by atoms with Gasteiger partial charge in [0, 0.05) is 20.1 Å². The molecule has 6 heteroatoms. The minimum Gasteiger partial charge on any atom is -0.383 e. The van der Waals surface area contributed by atoms with E-state index in [1.54, 1.807) is 22.6 Å². The smallest absolute Gasteiger partial charge is 0.266 e. The molecule has 0 radical (unpaired) electrons. The summed E-state index contributed by atoms with van der Waals surface area (Å²) < 4.78 is 6.94. The zero-order valence-corrected chi connectivity index (χ0v) is 20.6. The molecule has 33 heavy (non-hydrogen) atoms. The molecule has 1 unspecified atom stereocenters. The van der Waals surface area contributed by atoms with E-state index in [-0.39, 0.29) is 16.9 Å². The average molecular weight is 450 g/mol. The number of hydrogen-bond acceptors (Lipinski definition) is 4. The first-order valence-electron chi connectivity index (χ1n) is 11.6. The molecule has 6 nitrogen and oxygen atoms in total. The SMILES string of the molecule is CCc1ccc(-n2c(C(C)N(CCOC)C(=O)CC(C)(C)C)nc3ccccc3c2=O)cc1. The standard InChI is InChI=1S/C27H35N3O3/c1-7-20-12-14-21(15-13-20)30-25(28-23-11-9-8-10-22(23)26(30)32)19(2)29(16-17-33-6)24(31)18-27(3,4)5/h8-15,19H,7,16-18H2,1-6H3. The first kappa shape index (κ1) is 24.6. The van der Waals surface area contributed by atoms with Crippen LogP contribution in [0.1, 0.15) is 58.5 Å². The molecule has 0 bridgehead atoms. The third kappa shape index (κ3) is 5.69. The molecular formula is C27H35N3O3. The van der Waals surface area contributed by atoms with E-state index in [9.17, 15) is 9.59 Å². The maximum atomic E-state index is 13.6. The maximum Gasteiger partial charge on any atom is 0.266 e. The van der Waals surface area contributed by atoms with Crippen molar-refractivity contribution in [3.05, 3.63) is 70.3 Å². The van der Waals surface area contributed by atoms with Gasteiger partial charge in [0.1, 0.15) is 5.82 Å².